The quantitative estimate of drug-likeness (QED) is 0.0505. The van der Waals surface area contributed by atoms with Crippen LogP contribution < -0.4 is 15.3 Å². The third-order valence-electron chi connectivity index (χ3n) is 9.85. The normalized spacial score (nSPS) is 21.7. The van der Waals surface area contributed by atoms with E-state index in [1.165, 1.54) is 32.5 Å². The Morgan fingerprint density at radius 3 is 2.25 bits per heavy atom. The SMILES string of the molecule is C=Nn1c(/C(N)=N\C)ccc1[C@]1(C)O[C@H](COP(=O)(N[C@@H](C)C(=O)OCC(CC)CC)Oc2ccc(C(C)(C)C)c3ccccc23)[C@@H](OC(C)=O)[C@H]1OC(C)=O. The molecule has 3 N–H and O–H groups in total. The molecule has 1 saturated heterocycles. The van der Waals surface area contributed by atoms with Gasteiger partial charge in [0.1, 0.15) is 35.0 Å². The van der Waals surface area contributed by atoms with Crippen molar-refractivity contribution in [2.75, 3.05) is 20.3 Å². The molecule has 6 atom stereocenters. The van der Waals surface area contributed by atoms with E-state index in [9.17, 15) is 18.9 Å². The first-order valence-corrected chi connectivity index (χ1v) is 20.2. The Balaban J connectivity index is 1.77. The van der Waals surface area contributed by atoms with Crippen LogP contribution in [0.5, 0.6) is 5.75 Å². The second kappa shape index (κ2) is 18.1. The van der Waals surface area contributed by atoms with Crippen molar-refractivity contribution < 1.29 is 46.9 Å². The van der Waals surface area contributed by atoms with Crippen LogP contribution in [0.3, 0.4) is 0 Å². The second-order valence-corrected chi connectivity index (χ2v) is 16.7. The molecule has 1 aliphatic heterocycles. The van der Waals surface area contributed by atoms with E-state index in [-0.39, 0.29) is 29.5 Å². The van der Waals surface area contributed by atoms with Gasteiger partial charge >= 0.3 is 25.7 Å². The highest BCUT2D eigenvalue weighted by Gasteiger charge is 2.59. The summed E-state index contributed by atoms with van der Waals surface area (Å²) in [5.74, 6) is -1.52. The summed E-state index contributed by atoms with van der Waals surface area (Å²) in [4.78, 5) is 42.4. The molecule has 15 nitrogen and oxygen atoms in total. The number of nitrogens with two attached hydrogens (primary N) is 1. The predicted octanol–water partition coefficient (Wildman–Crippen LogP) is 6.38. The summed E-state index contributed by atoms with van der Waals surface area (Å²) < 4.78 is 52.5. The monoisotopic (exact) mass is 797 g/mol. The summed E-state index contributed by atoms with van der Waals surface area (Å²) in [6.07, 6.45) is -2.11. The smallest absolute Gasteiger partial charge is 0.459 e. The minimum absolute atomic E-state index is 0.144. The van der Waals surface area contributed by atoms with Gasteiger partial charge in [-0.05, 0) is 54.3 Å². The zero-order valence-corrected chi connectivity index (χ0v) is 34.9. The zero-order valence-electron chi connectivity index (χ0n) is 34.0. The summed E-state index contributed by atoms with van der Waals surface area (Å²) in [7, 11) is -3.01. The lowest BCUT2D eigenvalue weighted by molar-refractivity contribution is -0.168. The third-order valence-corrected chi connectivity index (χ3v) is 11.5. The number of rotatable bonds is 17. The number of fused-ring (bicyclic) bond motifs is 1. The molecule has 16 heteroatoms. The summed E-state index contributed by atoms with van der Waals surface area (Å²) in [6, 6.07) is 13.3. The van der Waals surface area contributed by atoms with Crippen molar-refractivity contribution in [2.45, 2.75) is 111 Å². The average Bonchev–Trinajstić information content (AvgIpc) is 3.69. The number of aliphatic imine (C=N–C) groups is 1. The topological polar surface area (TPSA) is 191 Å². The van der Waals surface area contributed by atoms with E-state index in [0.717, 1.165) is 23.8 Å². The molecular weight excluding hydrogens is 741 g/mol. The second-order valence-electron chi connectivity index (χ2n) is 15.0. The number of hydrogen-bond acceptors (Lipinski definition) is 12. The van der Waals surface area contributed by atoms with Gasteiger partial charge in [-0.3, -0.25) is 23.9 Å². The van der Waals surface area contributed by atoms with E-state index >= 15 is 0 Å². The Labute approximate surface area is 328 Å². The van der Waals surface area contributed by atoms with Crippen molar-refractivity contribution in [3.05, 3.63) is 65.5 Å². The van der Waals surface area contributed by atoms with Gasteiger partial charge in [-0.15, -0.1) is 0 Å². The van der Waals surface area contributed by atoms with Gasteiger partial charge < -0.3 is 29.2 Å². The summed E-state index contributed by atoms with van der Waals surface area (Å²) in [5, 5.41) is 8.41. The van der Waals surface area contributed by atoms with Gasteiger partial charge in [-0.25, -0.2) is 9.24 Å². The van der Waals surface area contributed by atoms with Crippen molar-refractivity contribution in [2.24, 2.45) is 21.7 Å². The predicted molar refractivity (Wildman–Crippen MR) is 214 cm³/mol. The summed E-state index contributed by atoms with van der Waals surface area (Å²) in [6.45, 7) is 19.1. The Hall–Kier alpha value is -4.56. The molecule has 0 aliphatic carbocycles. The number of amidine groups is 1. The van der Waals surface area contributed by atoms with E-state index in [4.69, 9.17) is 33.7 Å². The molecular formula is C40H56N5O10P. The maximum absolute atomic E-state index is 15.0. The van der Waals surface area contributed by atoms with Gasteiger partial charge in [0.05, 0.1) is 18.9 Å². The molecule has 4 rings (SSSR count). The number of ether oxygens (including phenoxy) is 4. The van der Waals surface area contributed by atoms with Crippen molar-refractivity contribution in [3.63, 3.8) is 0 Å². The molecule has 0 saturated carbocycles. The number of benzene rings is 2. The lowest BCUT2D eigenvalue weighted by Gasteiger charge is -2.31. The lowest BCUT2D eigenvalue weighted by atomic mass is 9.83. The van der Waals surface area contributed by atoms with Gasteiger partial charge in [-0.1, -0.05) is 77.8 Å². The Bertz CT molecular complexity index is 1990. The number of nitrogens with zero attached hydrogens (tertiary/aromatic N) is 3. The molecule has 2 aromatic carbocycles. The highest BCUT2D eigenvalue weighted by molar-refractivity contribution is 7.52. The number of nitrogens with one attached hydrogen (secondary N) is 1. The van der Waals surface area contributed by atoms with Crippen molar-refractivity contribution in [1.82, 2.24) is 9.76 Å². The van der Waals surface area contributed by atoms with Gasteiger partial charge in [0.25, 0.3) is 0 Å². The number of esters is 3. The van der Waals surface area contributed by atoms with Crippen LogP contribution in [0.2, 0.25) is 0 Å². The van der Waals surface area contributed by atoms with E-state index in [2.05, 4.69) is 42.7 Å². The molecule has 0 radical (unpaired) electrons. The molecule has 56 heavy (non-hydrogen) atoms. The summed E-state index contributed by atoms with van der Waals surface area (Å²) >= 11 is 0. The molecule has 0 bridgehead atoms. The van der Waals surface area contributed by atoms with Gasteiger partial charge in [0, 0.05) is 33.0 Å². The fourth-order valence-electron chi connectivity index (χ4n) is 6.78. The van der Waals surface area contributed by atoms with Crippen LogP contribution >= 0.6 is 7.75 Å². The van der Waals surface area contributed by atoms with Gasteiger partial charge in [-0.2, -0.15) is 10.2 Å². The summed E-state index contributed by atoms with van der Waals surface area (Å²) in [5.41, 5.74) is 6.10. The minimum Gasteiger partial charge on any atom is -0.464 e. The van der Waals surface area contributed by atoms with Crippen molar-refractivity contribution >= 4 is 49.0 Å². The molecule has 2 heterocycles. The minimum atomic E-state index is -4.52. The van der Waals surface area contributed by atoms with E-state index < -0.39 is 62.2 Å². The Kier molecular flexibility index (Phi) is 14.3. The number of carbonyl (C=O) groups is 3. The molecule has 1 aromatic heterocycles. The van der Waals surface area contributed by atoms with E-state index in [0.29, 0.717) is 16.8 Å². The first-order valence-electron chi connectivity index (χ1n) is 18.7. The first kappa shape index (κ1) is 44.2. The van der Waals surface area contributed by atoms with Crippen molar-refractivity contribution in [3.8, 4) is 5.75 Å². The molecule has 0 spiro atoms. The maximum atomic E-state index is 15.0. The number of carbonyl (C=O) groups excluding carboxylic acids is 3. The first-order chi connectivity index (χ1) is 26.3. The standard InChI is InChI=1S/C40H56N5O10P/c1-12-27(13-2)22-50-38(48)24(3)44-56(49,55-32-20-18-30(39(6,7)8)28-16-14-15-17-29(28)32)51-23-33-35(52-25(4)46)36(53-26(5)47)40(9,54-33)34-21-19-31(37(41)42-10)45(34)43-11/h14-21,24,27,33,35-36H,11-13,22-23H2,1-10H3,(H2,41,42)(H,44,49)/t24-,33+,35+,36+,40-,56?/m0/s1. The fourth-order valence-corrected chi connectivity index (χ4v) is 8.30. The Morgan fingerprint density at radius 2 is 1.68 bits per heavy atom. The van der Waals surface area contributed by atoms with Crippen molar-refractivity contribution in [1.29, 1.82) is 0 Å². The molecule has 0 amide bonds. The van der Waals surface area contributed by atoms with E-state index in [1.54, 1.807) is 25.1 Å². The average molecular weight is 798 g/mol. The zero-order chi connectivity index (χ0) is 41.6. The molecule has 3 aromatic rings. The fraction of sp³-hybridized carbons (Fsp3) is 0.525. The van der Waals surface area contributed by atoms with Crippen LogP contribution in [0.15, 0.2) is 58.6 Å². The largest absolute Gasteiger partial charge is 0.464 e. The Morgan fingerprint density at radius 1 is 1.04 bits per heavy atom. The van der Waals surface area contributed by atoms with Crippen LogP contribution in [-0.2, 0) is 53.4 Å². The number of aromatic nitrogens is 1. The molecule has 1 fully saturated rings. The van der Waals surface area contributed by atoms with Gasteiger partial charge in [0.2, 0.25) is 0 Å². The highest BCUT2D eigenvalue weighted by Crippen LogP contribution is 2.50. The van der Waals surface area contributed by atoms with Gasteiger partial charge in [0.15, 0.2) is 12.2 Å². The van der Waals surface area contributed by atoms with Crippen LogP contribution in [-0.4, -0.2) is 79.8 Å². The van der Waals surface area contributed by atoms with Crippen LogP contribution in [0.1, 0.15) is 92.1 Å². The molecule has 1 aliphatic rings. The van der Waals surface area contributed by atoms with Crippen LogP contribution in [0, 0.1) is 5.92 Å². The lowest BCUT2D eigenvalue weighted by Crippen LogP contribution is -2.45. The highest BCUT2D eigenvalue weighted by atomic mass is 31.2. The van der Waals surface area contributed by atoms with Crippen LogP contribution in [0.4, 0.5) is 0 Å². The van der Waals surface area contributed by atoms with Crippen LogP contribution in [0.25, 0.3) is 10.8 Å². The van der Waals surface area contributed by atoms with E-state index in [1.807, 2.05) is 44.2 Å². The third kappa shape index (κ3) is 9.87. The molecule has 306 valence electrons. The maximum Gasteiger partial charge on any atom is 0.459 e. The molecule has 1 unspecified atom stereocenters. The number of hydrogen-bond donors (Lipinski definition) is 2.